The van der Waals surface area contributed by atoms with Gasteiger partial charge in [-0.2, -0.15) is 0 Å². The summed E-state index contributed by atoms with van der Waals surface area (Å²) in [5, 5.41) is 6.52. The molecule has 0 amide bonds. The lowest BCUT2D eigenvalue weighted by Crippen LogP contribution is -2.21. The molecule has 0 unspecified atom stereocenters. The number of hydrogen-bond acceptors (Lipinski definition) is 1. The quantitative estimate of drug-likeness (QED) is 0.235. The Balaban J connectivity index is 0.000000406. The van der Waals surface area contributed by atoms with Crippen molar-refractivity contribution in [3.8, 4) is 0 Å². The third-order valence-corrected chi connectivity index (χ3v) is 8.02. The van der Waals surface area contributed by atoms with E-state index in [2.05, 4.69) is 124 Å². The van der Waals surface area contributed by atoms with E-state index in [0.29, 0.717) is 5.70 Å². The molecule has 0 aliphatic heterocycles. The lowest BCUT2D eigenvalue weighted by Gasteiger charge is -2.22. The maximum atomic E-state index is 6.11. The molecule has 2 N–H and O–H groups in total. The van der Waals surface area contributed by atoms with Crippen molar-refractivity contribution in [1.82, 2.24) is 0 Å². The normalized spacial score (nSPS) is 11.2. The second-order valence-electron chi connectivity index (χ2n) is 8.02. The van der Waals surface area contributed by atoms with Gasteiger partial charge in [0, 0.05) is 11.3 Å². The molecule has 0 saturated carbocycles. The topological polar surface area (TPSA) is 26.0 Å². The van der Waals surface area contributed by atoms with Crippen LogP contribution in [0.2, 0.25) is 0 Å². The molecule has 0 aliphatic carbocycles. The lowest BCUT2D eigenvalue weighted by atomic mass is 9.98. The lowest BCUT2D eigenvalue weighted by molar-refractivity contribution is 1.22. The summed E-state index contributed by atoms with van der Waals surface area (Å²) in [6, 6.07) is 32.4. The summed E-state index contributed by atoms with van der Waals surface area (Å²) in [4.78, 5) is 0. The van der Waals surface area contributed by atoms with Crippen LogP contribution in [0.15, 0.2) is 122 Å². The molecule has 172 valence electrons. The Morgan fingerprint density at radius 1 is 0.824 bits per heavy atom. The molecule has 0 spiro atoms. The monoisotopic (exact) mass is 463 g/mol. The Morgan fingerprint density at radius 2 is 1.44 bits per heavy atom. The van der Waals surface area contributed by atoms with Crippen molar-refractivity contribution in [1.29, 1.82) is 0 Å². The van der Waals surface area contributed by atoms with Gasteiger partial charge in [0.2, 0.25) is 0 Å². The van der Waals surface area contributed by atoms with E-state index < -0.39 is 7.92 Å². The maximum absolute atomic E-state index is 6.11. The molecule has 0 radical (unpaired) electrons. The molecule has 0 heterocycles. The first-order chi connectivity index (χ1) is 16.6. The molecule has 0 fully saturated rings. The molecule has 0 aliphatic rings. The summed E-state index contributed by atoms with van der Waals surface area (Å²) in [6.45, 7) is 10.3. The van der Waals surface area contributed by atoms with E-state index >= 15 is 0 Å². The van der Waals surface area contributed by atoms with Crippen LogP contribution in [0, 0.1) is 6.92 Å². The molecule has 0 aromatic heterocycles. The van der Waals surface area contributed by atoms with Crippen LogP contribution in [0.4, 0.5) is 0 Å². The van der Waals surface area contributed by atoms with Crippen molar-refractivity contribution < 1.29 is 0 Å². The van der Waals surface area contributed by atoms with Gasteiger partial charge in [-0.15, -0.1) is 0 Å². The molecular weight excluding hydrogens is 429 g/mol. The van der Waals surface area contributed by atoms with E-state index in [1.807, 2.05) is 19.1 Å². The van der Waals surface area contributed by atoms with E-state index in [0.717, 1.165) is 12.0 Å². The van der Waals surface area contributed by atoms with Crippen molar-refractivity contribution in [2.24, 2.45) is 5.73 Å². The third kappa shape index (κ3) is 6.13. The fourth-order valence-corrected chi connectivity index (χ4v) is 6.39. The number of hydrogen-bond donors (Lipinski definition) is 1. The van der Waals surface area contributed by atoms with Crippen LogP contribution < -0.4 is 21.6 Å². The minimum absolute atomic E-state index is 0.615. The van der Waals surface area contributed by atoms with Crippen LogP contribution in [0.5, 0.6) is 0 Å². The highest BCUT2D eigenvalue weighted by atomic mass is 31.1. The Morgan fingerprint density at radius 3 is 1.97 bits per heavy atom. The van der Waals surface area contributed by atoms with Crippen molar-refractivity contribution >= 4 is 40.3 Å². The van der Waals surface area contributed by atoms with Crippen LogP contribution in [0.1, 0.15) is 31.4 Å². The van der Waals surface area contributed by atoms with E-state index in [4.69, 9.17) is 5.73 Å². The van der Waals surface area contributed by atoms with E-state index in [9.17, 15) is 0 Å². The molecule has 2 heteroatoms. The molecular formula is C32H34NP. The van der Waals surface area contributed by atoms with Gasteiger partial charge in [0.15, 0.2) is 0 Å². The predicted molar refractivity (Wildman–Crippen MR) is 155 cm³/mol. The summed E-state index contributed by atoms with van der Waals surface area (Å²) in [7, 11) is -0.660. The third-order valence-electron chi connectivity index (χ3n) is 5.52. The Bertz CT molecular complexity index is 1230. The predicted octanol–water partition coefficient (Wildman–Crippen LogP) is 7.36. The first-order valence-electron chi connectivity index (χ1n) is 11.7. The number of benzene rings is 4. The second-order valence-corrected chi connectivity index (χ2v) is 10.2. The number of nitrogens with two attached hydrogens (primary N) is 1. The van der Waals surface area contributed by atoms with Gasteiger partial charge in [-0.3, -0.25) is 0 Å². The average Bonchev–Trinajstić information content (AvgIpc) is 2.86. The van der Waals surface area contributed by atoms with Crippen LogP contribution in [0.25, 0.3) is 16.5 Å². The number of aryl methyl sites for hydroxylation is 1. The Labute approximate surface area is 206 Å². The molecule has 0 saturated heterocycles. The highest BCUT2D eigenvalue weighted by molar-refractivity contribution is 7.80. The molecule has 4 aromatic carbocycles. The minimum Gasteiger partial charge on any atom is -0.399 e. The first-order valence-corrected chi connectivity index (χ1v) is 13.1. The standard InChI is InChI=1S/C25H22NP.C7H12/c1-18-10-9-15-23-24(17-16-22(19(2)26)25(18)23)27(20-11-5-3-6-12-20)21-13-7-4-8-14-21;1-3-5-7-6-4-2/h3-17H,2,26H2,1H3;3,5-7H,4H2,1-2H3/b;5-3-,7-6-. The first kappa shape index (κ1) is 25.2. The van der Waals surface area contributed by atoms with Crippen LogP contribution in [0.3, 0.4) is 0 Å². The van der Waals surface area contributed by atoms with E-state index in [1.54, 1.807) is 0 Å². The van der Waals surface area contributed by atoms with Gasteiger partial charge in [0.25, 0.3) is 0 Å². The second kappa shape index (κ2) is 12.7. The van der Waals surface area contributed by atoms with Crippen LogP contribution in [-0.2, 0) is 0 Å². The van der Waals surface area contributed by atoms with Crippen LogP contribution >= 0.6 is 7.92 Å². The van der Waals surface area contributed by atoms with Gasteiger partial charge in [0.05, 0.1) is 0 Å². The minimum atomic E-state index is -0.660. The fourth-order valence-electron chi connectivity index (χ4n) is 3.94. The highest BCUT2D eigenvalue weighted by Crippen LogP contribution is 2.37. The van der Waals surface area contributed by atoms with Crippen LogP contribution in [-0.4, -0.2) is 0 Å². The fraction of sp³-hybridized carbons (Fsp3) is 0.125. The van der Waals surface area contributed by atoms with Gasteiger partial charge in [-0.1, -0.05) is 129 Å². The Hall–Kier alpha value is -3.41. The largest absolute Gasteiger partial charge is 0.399 e. The summed E-state index contributed by atoms with van der Waals surface area (Å²) in [5.74, 6) is 0. The van der Waals surface area contributed by atoms with Crippen molar-refractivity contribution in [2.45, 2.75) is 27.2 Å². The summed E-state index contributed by atoms with van der Waals surface area (Å²) in [5.41, 5.74) is 8.98. The van der Waals surface area contributed by atoms with Gasteiger partial charge in [-0.25, -0.2) is 0 Å². The molecule has 1 nitrogen and oxygen atoms in total. The molecule has 4 aromatic rings. The average molecular weight is 464 g/mol. The van der Waals surface area contributed by atoms with E-state index in [1.165, 1.54) is 32.2 Å². The smallest absolute Gasteiger partial charge is 0.0320 e. The zero-order valence-corrected chi connectivity index (χ0v) is 21.3. The zero-order valence-electron chi connectivity index (χ0n) is 20.4. The van der Waals surface area contributed by atoms with Crippen molar-refractivity contribution in [2.75, 3.05) is 0 Å². The number of allylic oxidation sites excluding steroid dienone is 4. The summed E-state index contributed by atoms with van der Waals surface area (Å²) < 4.78 is 0. The van der Waals surface area contributed by atoms with Gasteiger partial charge < -0.3 is 5.73 Å². The number of fused-ring (bicyclic) bond motifs is 1. The SMILES string of the molecule is C/C=C\C=C/CC.C=C(N)c1ccc(P(c2ccccc2)c2ccccc2)c2cccc(C)c12. The zero-order chi connectivity index (χ0) is 24.3. The van der Waals surface area contributed by atoms with Gasteiger partial charge in [-0.05, 0) is 60.4 Å². The molecule has 4 rings (SSSR count). The molecule has 0 atom stereocenters. The summed E-state index contributed by atoms with van der Waals surface area (Å²) in [6.07, 6.45) is 9.36. The summed E-state index contributed by atoms with van der Waals surface area (Å²) >= 11 is 0. The molecule has 34 heavy (non-hydrogen) atoms. The highest BCUT2D eigenvalue weighted by Gasteiger charge is 2.20. The van der Waals surface area contributed by atoms with E-state index in [-0.39, 0.29) is 0 Å². The maximum Gasteiger partial charge on any atom is 0.0320 e. The van der Waals surface area contributed by atoms with Crippen molar-refractivity contribution in [3.05, 3.63) is 133 Å². The Kier molecular flexibility index (Phi) is 9.44. The van der Waals surface area contributed by atoms with Gasteiger partial charge >= 0.3 is 0 Å². The number of rotatable bonds is 6. The van der Waals surface area contributed by atoms with Crippen molar-refractivity contribution in [3.63, 3.8) is 0 Å². The van der Waals surface area contributed by atoms with Gasteiger partial charge in [0.1, 0.15) is 0 Å². The molecule has 0 bridgehead atoms.